The highest BCUT2D eigenvalue weighted by Gasteiger charge is 2.19. The van der Waals surface area contributed by atoms with Crippen LogP contribution >= 0.6 is 0 Å². The van der Waals surface area contributed by atoms with Crippen LogP contribution in [0.25, 0.3) is 0 Å². The largest absolute Gasteiger partial charge is 0.325 e. The SMILES string of the molecule is C[NH+](C)S(=O)(=O)c1ccccc1. The van der Waals surface area contributed by atoms with E-state index in [-0.39, 0.29) is 0 Å². The van der Waals surface area contributed by atoms with Crippen molar-refractivity contribution in [3.63, 3.8) is 0 Å². The Bertz CT molecular complexity index is 343. The monoisotopic (exact) mass is 186 g/mol. The minimum absolute atomic E-state index is 0.366. The molecule has 0 bridgehead atoms. The Morgan fingerprint density at radius 1 is 1.08 bits per heavy atom. The predicted molar refractivity (Wildman–Crippen MR) is 46.4 cm³/mol. The van der Waals surface area contributed by atoms with Gasteiger partial charge in [0.15, 0.2) is 0 Å². The second-order valence-electron chi connectivity index (χ2n) is 2.72. The smallest absolute Gasteiger partial charge is 0.230 e. The van der Waals surface area contributed by atoms with Crippen LogP contribution in [0.2, 0.25) is 0 Å². The molecule has 0 radical (unpaired) electrons. The van der Waals surface area contributed by atoms with Gasteiger partial charge in [0, 0.05) is 0 Å². The molecule has 1 aromatic rings. The van der Waals surface area contributed by atoms with Crippen molar-refractivity contribution in [1.29, 1.82) is 0 Å². The first-order valence-corrected chi connectivity index (χ1v) is 5.14. The molecule has 3 nitrogen and oxygen atoms in total. The third-order valence-electron chi connectivity index (χ3n) is 1.59. The summed E-state index contributed by atoms with van der Waals surface area (Å²) in [5.41, 5.74) is 0. The van der Waals surface area contributed by atoms with E-state index in [9.17, 15) is 8.42 Å². The molecule has 0 aromatic heterocycles. The fraction of sp³-hybridized carbons (Fsp3) is 0.250. The van der Waals surface area contributed by atoms with E-state index in [2.05, 4.69) is 0 Å². The molecule has 0 amide bonds. The highest BCUT2D eigenvalue weighted by Crippen LogP contribution is 2.02. The molecule has 0 saturated carbocycles. The van der Waals surface area contributed by atoms with Gasteiger partial charge in [-0.15, -0.1) is 0 Å². The standard InChI is InChI=1S/C8H11NO2S/c1-9(2)12(10,11)8-6-4-3-5-7-8/h3-7H,1-2H3/p+1. The average Bonchev–Trinajstić information content (AvgIpc) is 2.06. The lowest BCUT2D eigenvalue weighted by atomic mass is 10.4. The quantitative estimate of drug-likeness (QED) is 0.677. The molecule has 0 aliphatic heterocycles. The van der Waals surface area contributed by atoms with E-state index >= 15 is 0 Å². The molecule has 0 spiro atoms. The van der Waals surface area contributed by atoms with Crippen molar-refractivity contribution in [2.75, 3.05) is 14.1 Å². The molecule has 66 valence electrons. The molecule has 0 atom stereocenters. The number of benzene rings is 1. The summed E-state index contributed by atoms with van der Waals surface area (Å²) in [6.07, 6.45) is 0. The number of quaternary nitrogens is 1. The topological polar surface area (TPSA) is 38.6 Å². The molecule has 0 fully saturated rings. The van der Waals surface area contributed by atoms with Gasteiger partial charge in [-0.25, -0.2) is 4.31 Å². The summed E-state index contributed by atoms with van der Waals surface area (Å²) in [4.78, 5) is 0.366. The predicted octanol–water partition coefficient (Wildman–Crippen LogP) is -0.480. The van der Waals surface area contributed by atoms with E-state index in [0.29, 0.717) is 9.20 Å². The van der Waals surface area contributed by atoms with Crippen LogP contribution in [0.3, 0.4) is 0 Å². The summed E-state index contributed by atoms with van der Waals surface area (Å²) < 4.78 is 23.4. The first kappa shape index (κ1) is 9.22. The summed E-state index contributed by atoms with van der Waals surface area (Å²) in [6, 6.07) is 8.43. The van der Waals surface area contributed by atoms with Gasteiger partial charge in [-0.05, 0) is 12.1 Å². The molecule has 1 N–H and O–H groups in total. The van der Waals surface area contributed by atoms with Gasteiger partial charge in [0.1, 0.15) is 4.90 Å². The molecule has 1 rings (SSSR count). The molecule has 4 heteroatoms. The van der Waals surface area contributed by atoms with Crippen molar-refractivity contribution < 1.29 is 12.7 Å². The van der Waals surface area contributed by atoms with Gasteiger partial charge < -0.3 is 0 Å². The molecule has 0 heterocycles. The third kappa shape index (κ3) is 1.65. The van der Waals surface area contributed by atoms with Crippen LogP contribution in [0.5, 0.6) is 0 Å². The maximum Gasteiger partial charge on any atom is 0.325 e. The van der Waals surface area contributed by atoms with Gasteiger partial charge in [0.25, 0.3) is 0 Å². The fourth-order valence-electron chi connectivity index (χ4n) is 0.835. The van der Waals surface area contributed by atoms with Crippen molar-refractivity contribution in [2.24, 2.45) is 0 Å². The zero-order valence-electron chi connectivity index (χ0n) is 7.11. The minimum Gasteiger partial charge on any atom is -0.230 e. The zero-order valence-corrected chi connectivity index (χ0v) is 7.93. The molecular formula is C8H12NO2S+. The summed E-state index contributed by atoms with van der Waals surface area (Å²) >= 11 is 0. The number of hydrogen-bond donors (Lipinski definition) is 1. The van der Waals surface area contributed by atoms with E-state index in [1.54, 1.807) is 44.4 Å². The second-order valence-corrected chi connectivity index (χ2v) is 5.02. The summed E-state index contributed by atoms with van der Waals surface area (Å²) in [5.74, 6) is 0. The Morgan fingerprint density at radius 3 is 2.00 bits per heavy atom. The fourth-order valence-corrected chi connectivity index (χ4v) is 1.82. The first-order valence-electron chi connectivity index (χ1n) is 3.65. The highest BCUT2D eigenvalue weighted by molar-refractivity contribution is 7.85. The molecular weight excluding hydrogens is 174 g/mol. The molecule has 0 aliphatic carbocycles. The Morgan fingerprint density at radius 2 is 1.58 bits per heavy atom. The van der Waals surface area contributed by atoms with Crippen LogP contribution in [-0.4, -0.2) is 22.5 Å². The van der Waals surface area contributed by atoms with Crippen LogP contribution in [-0.2, 0) is 10.0 Å². The van der Waals surface area contributed by atoms with Gasteiger partial charge in [-0.1, -0.05) is 18.2 Å². The van der Waals surface area contributed by atoms with Crippen LogP contribution in [0.1, 0.15) is 0 Å². The Balaban J connectivity index is 3.17. The van der Waals surface area contributed by atoms with E-state index in [4.69, 9.17) is 0 Å². The van der Waals surface area contributed by atoms with Gasteiger partial charge in [-0.3, -0.25) is 0 Å². The van der Waals surface area contributed by atoms with Gasteiger partial charge in [-0.2, -0.15) is 8.42 Å². The normalized spacial score (nSPS) is 11.9. The lowest BCUT2D eigenvalue weighted by Crippen LogP contribution is -3.07. The van der Waals surface area contributed by atoms with Crippen LogP contribution in [0.15, 0.2) is 35.2 Å². The Kier molecular flexibility index (Phi) is 2.49. The van der Waals surface area contributed by atoms with Crippen molar-refractivity contribution in [3.05, 3.63) is 30.3 Å². The Labute approximate surface area is 72.7 Å². The second kappa shape index (κ2) is 3.25. The van der Waals surface area contributed by atoms with Gasteiger partial charge in [0.05, 0.1) is 14.1 Å². The zero-order chi connectivity index (χ0) is 9.19. The number of hydrogen-bond acceptors (Lipinski definition) is 2. The van der Waals surface area contributed by atoms with E-state index < -0.39 is 10.0 Å². The molecule has 0 aliphatic rings. The molecule has 12 heavy (non-hydrogen) atoms. The van der Waals surface area contributed by atoms with E-state index in [1.165, 1.54) is 0 Å². The first-order chi connectivity index (χ1) is 5.55. The molecule has 0 saturated heterocycles. The van der Waals surface area contributed by atoms with Crippen LogP contribution in [0, 0.1) is 0 Å². The minimum atomic E-state index is -3.16. The lowest BCUT2D eigenvalue weighted by molar-refractivity contribution is -0.717. The summed E-state index contributed by atoms with van der Waals surface area (Å²) in [6.45, 7) is 0. The Hall–Kier alpha value is -0.870. The average molecular weight is 186 g/mol. The summed E-state index contributed by atoms with van der Waals surface area (Å²) in [5, 5.41) is 0. The van der Waals surface area contributed by atoms with Crippen LogP contribution in [0.4, 0.5) is 0 Å². The number of rotatable bonds is 2. The third-order valence-corrected chi connectivity index (χ3v) is 3.56. The number of nitrogens with one attached hydrogen (secondary N) is 1. The number of sulfonamides is 1. The van der Waals surface area contributed by atoms with Crippen molar-refractivity contribution in [1.82, 2.24) is 0 Å². The van der Waals surface area contributed by atoms with Crippen molar-refractivity contribution >= 4 is 10.0 Å². The summed E-state index contributed by atoms with van der Waals surface area (Å²) in [7, 11) is 0.0388. The highest BCUT2D eigenvalue weighted by atomic mass is 32.2. The van der Waals surface area contributed by atoms with Crippen molar-refractivity contribution in [3.8, 4) is 0 Å². The molecule has 0 unspecified atom stereocenters. The molecule has 1 aromatic carbocycles. The van der Waals surface area contributed by atoms with Crippen molar-refractivity contribution in [2.45, 2.75) is 4.90 Å². The maximum atomic E-state index is 11.5. The van der Waals surface area contributed by atoms with E-state index in [0.717, 1.165) is 0 Å². The van der Waals surface area contributed by atoms with Gasteiger partial charge in [0.2, 0.25) is 0 Å². The van der Waals surface area contributed by atoms with Gasteiger partial charge >= 0.3 is 10.0 Å². The maximum absolute atomic E-state index is 11.5. The van der Waals surface area contributed by atoms with Crippen LogP contribution < -0.4 is 4.31 Å². The van der Waals surface area contributed by atoms with E-state index in [1.807, 2.05) is 0 Å². The lowest BCUT2D eigenvalue weighted by Gasteiger charge is -2.07.